The Balaban J connectivity index is 2.74. The maximum Gasteiger partial charge on any atom is 0.416 e. The second-order valence-electron chi connectivity index (χ2n) is 4.65. The average Bonchev–Trinajstić information content (AvgIpc) is 2.37. The van der Waals surface area contributed by atoms with Crippen molar-refractivity contribution >= 4 is 17.7 Å². The summed E-state index contributed by atoms with van der Waals surface area (Å²) < 4.78 is 37.1. The fourth-order valence-corrected chi connectivity index (χ4v) is 1.45. The Morgan fingerprint density at radius 2 is 1.71 bits per heavy atom. The molecule has 0 fully saturated rings. The quantitative estimate of drug-likeness (QED) is 0.800. The first-order valence-electron chi connectivity index (χ1n) is 6.08. The van der Waals surface area contributed by atoms with E-state index in [1.165, 1.54) is 6.92 Å². The molecule has 1 atom stereocenters. The number of rotatable bonds is 4. The van der Waals surface area contributed by atoms with Crippen molar-refractivity contribution in [2.75, 3.05) is 5.32 Å². The number of urea groups is 1. The number of nitrogens with one attached hydrogen (secondary N) is 2. The molecule has 116 valence electrons. The molecule has 8 heteroatoms. The van der Waals surface area contributed by atoms with Crippen LogP contribution in [0.1, 0.15) is 25.8 Å². The monoisotopic (exact) mass is 304 g/mol. The summed E-state index contributed by atoms with van der Waals surface area (Å²) in [5.41, 5.74) is -2.16. The fraction of sp³-hybridized carbons (Fsp3) is 0.385. The Hall–Kier alpha value is -2.25. The molecular weight excluding hydrogens is 289 g/mol. The number of halogens is 3. The standard InChI is InChI=1S/C13H15F3N2O3/c1-3-12(2,10(19)20)18-11(21)17-9-6-4-8(5-7-9)13(14,15)16/h4-7H,3H2,1-2H3,(H,19,20)(H2,17,18,21). The number of anilines is 1. The fourth-order valence-electron chi connectivity index (χ4n) is 1.45. The van der Waals surface area contributed by atoms with Gasteiger partial charge in [-0.05, 0) is 37.6 Å². The van der Waals surface area contributed by atoms with Gasteiger partial charge in [0.25, 0.3) is 0 Å². The van der Waals surface area contributed by atoms with Crippen LogP contribution in [0.3, 0.4) is 0 Å². The molecule has 0 saturated heterocycles. The topological polar surface area (TPSA) is 78.4 Å². The molecule has 0 bridgehead atoms. The lowest BCUT2D eigenvalue weighted by Crippen LogP contribution is -2.53. The van der Waals surface area contributed by atoms with E-state index in [-0.39, 0.29) is 12.1 Å². The van der Waals surface area contributed by atoms with E-state index in [2.05, 4.69) is 10.6 Å². The van der Waals surface area contributed by atoms with Crippen molar-refractivity contribution in [3.05, 3.63) is 29.8 Å². The van der Waals surface area contributed by atoms with Gasteiger partial charge in [0.2, 0.25) is 0 Å². The van der Waals surface area contributed by atoms with Gasteiger partial charge in [-0.2, -0.15) is 13.2 Å². The van der Waals surface area contributed by atoms with Crippen LogP contribution in [0.2, 0.25) is 0 Å². The van der Waals surface area contributed by atoms with Crippen LogP contribution in [0.4, 0.5) is 23.7 Å². The molecule has 1 unspecified atom stereocenters. The smallest absolute Gasteiger partial charge is 0.416 e. The molecule has 21 heavy (non-hydrogen) atoms. The third-order valence-electron chi connectivity index (χ3n) is 3.04. The summed E-state index contributed by atoms with van der Waals surface area (Å²) in [5.74, 6) is -1.20. The zero-order valence-electron chi connectivity index (χ0n) is 11.4. The molecule has 0 saturated carbocycles. The van der Waals surface area contributed by atoms with Gasteiger partial charge in [-0.15, -0.1) is 0 Å². The van der Waals surface area contributed by atoms with Crippen LogP contribution in [0.15, 0.2) is 24.3 Å². The van der Waals surface area contributed by atoms with Crippen LogP contribution in [-0.2, 0) is 11.0 Å². The molecular formula is C13H15F3N2O3. The minimum Gasteiger partial charge on any atom is -0.480 e. The van der Waals surface area contributed by atoms with E-state index in [0.717, 1.165) is 24.3 Å². The molecule has 0 heterocycles. The van der Waals surface area contributed by atoms with Crippen molar-refractivity contribution in [1.82, 2.24) is 5.32 Å². The van der Waals surface area contributed by atoms with Crippen LogP contribution in [0, 0.1) is 0 Å². The summed E-state index contributed by atoms with van der Waals surface area (Å²) in [5, 5.41) is 13.6. The van der Waals surface area contributed by atoms with Crippen molar-refractivity contribution in [3.63, 3.8) is 0 Å². The van der Waals surface area contributed by atoms with Crippen molar-refractivity contribution in [1.29, 1.82) is 0 Å². The second-order valence-corrected chi connectivity index (χ2v) is 4.65. The number of hydrogen-bond donors (Lipinski definition) is 3. The highest BCUT2D eigenvalue weighted by Gasteiger charge is 2.33. The number of carboxylic acids is 1. The van der Waals surface area contributed by atoms with Gasteiger partial charge >= 0.3 is 18.2 Å². The Morgan fingerprint density at radius 1 is 1.19 bits per heavy atom. The summed E-state index contributed by atoms with van der Waals surface area (Å²) in [7, 11) is 0. The number of benzene rings is 1. The summed E-state index contributed by atoms with van der Waals surface area (Å²) in [6.07, 6.45) is -4.30. The van der Waals surface area contributed by atoms with Crippen molar-refractivity contribution in [3.8, 4) is 0 Å². The number of carboxylic acid groups (broad SMARTS) is 1. The minimum absolute atomic E-state index is 0.129. The van der Waals surface area contributed by atoms with Crippen molar-refractivity contribution < 1.29 is 27.9 Å². The van der Waals surface area contributed by atoms with Crippen molar-refractivity contribution in [2.45, 2.75) is 32.0 Å². The van der Waals surface area contributed by atoms with Crippen LogP contribution >= 0.6 is 0 Å². The first kappa shape index (κ1) is 16.8. The Labute approximate surface area is 119 Å². The van der Waals surface area contributed by atoms with Gasteiger partial charge in [0.05, 0.1) is 5.56 Å². The molecule has 3 N–H and O–H groups in total. The van der Waals surface area contributed by atoms with Gasteiger partial charge in [-0.1, -0.05) is 6.92 Å². The molecule has 2 amide bonds. The van der Waals surface area contributed by atoms with Gasteiger partial charge in [-0.25, -0.2) is 9.59 Å². The number of alkyl halides is 3. The summed E-state index contributed by atoms with van der Waals surface area (Å²) in [4.78, 5) is 22.7. The number of carbonyl (C=O) groups is 2. The predicted octanol–water partition coefficient (Wildman–Crippen LogP) is 3.08. The maximum atomic E-state index is 12.4. The van der Waals surface area contributed by atoms with Crippen LogP contribution in [-0.4, -0.2) is 22.6 Å². The Kier molecular flexibility index (Phi) is 4.82. The summed E-state index contributed by atoms with van der Waals surface area (Å²) in [6.45, 7) is 2.92. The second kappa shape index (κ2) is 6.02. The summed E-state index contributed by atoms with van der Waals surface area (Å²) >= 11 is 0. The maximum absolute atomic E-state index is 12.4. The lowest BCUT2D eigenvalue weighted by atomic mass is 10.00. The van der Waals surface area contributed by atoms with Gasteiger partial charge in [0.1, 0.15) is 5.54 Å². The van der Waals surface area contributed by atoms with E-state index in [4.69, 9.17) is 5.11 Å². The van der Waals surface area contributed by atoms with Crippen LogP contribution in [0.5, 0.6) is 0 Å². The highest BCUT2D eigenvalue weighted by molar-refractivity contribution is 5.93. The molecule has 0 radical (unpaired) electrons. The van der Waals surface area contributed by atoms with E-state index in [1.807, 2.05) is 0 Å². The molecule has 0 aliphatic rings. The first-order chi connectivity index (χ1) is 9.58. The highest BCUT2D eigenvalue weighted by Crippen LogP contribution is 2.29. The van der Waals surface area contributed by atoms with E-state index in [9.17, 15) is 22.8 Å². The molecule has 1 rings (SSSR count). The predicted molar refractivity (Wildman–Crippen MR) is 69.9 cm³/mol. The number of aliphatic carboxylic acids is 1. The molecule has 1 aromatic carbocycles. The Morgan fingerprint density at radius 3 is 2.10 bits per heavy atom. The minimum atomic E-state index is -4.45. The van der Waals surface area contributed by atoms with E-state index in [1.54, 1.807) is 6.92 Å². The average molecular weight is 304 g/mol. The lowest BCUT2D eigenvalue weighted by molar-refractivity contribution is -0.143. The normalized spacial score (nSPS) is 14.1. The van der Waals surface area contributed by atoms with Crippen molar-refractivity contribution in [2.24, 2.45) is 0 Å². The highest BCUT2D eigenvalue weighted by atomic mass is 19.4. The molecule has 0 spiro atoms. The third kappa shape index (κ3) is 4.37. The first-order valence-corrected chi connectivity index (χ1v) is 6.08. The molecule has 0 aliphatic heterocycles. The third-order valence-corrected chi connectivity index (χ3v) is 3.04. The van der Waals surface area contributed by atoms with Gasteiger partial charge in [0.15, 0.2) is 0 Å². The zero-order valence-corrected chi connectivity index (χ0v) is 11.4. The van der Waals surface area contributed by atoms with Gasteiger partial charge < -0.3 is 15.7 Å². The van der Waals surface area contributed by atoms with E-state index < -0.39 is 29.3 Å². The molecule has 1 aromatic rings. The van der Waals surface area contributed by atoms with E-state index in [0.29, 0.717) is 0 Å². The van der Waals surface area contributed by atoms with E-state index >= 15 is 0 Å². The van der Waals surface area contributed by atoms with Gasteiger partial charge in [-0.3, -0.25) is 0 Å². The van der Waals surface area contributed by atoms with Crippen LogP contribution in [0.25, 0.3) is 0 Å². The van der Waals surface area contributed by atoms with Gasteiger partial charge in [0, 0.05) is 5.69 Å². The summed E-state index contributed by atoms with van der Waals surface area (Å²) in [6, 6.07) is 3.03. The molecule has 5 nitrogen and oxygen atoms in total. The number of hydrogen-bond acceptors (Lipinski definition) is 2. The number of carbonyl (C=O) groups excluding carboxylic acids is 1. The molecule has 0 aliphatic carbocycles. The SMILES string of the molecule is CCC(C)(NC(=O)Nc1ccc(C(F)(F)F)cc1)C(=O)O. The zero-order chi connectivity index (χ0) is 16.3. The Bertz CT molecular complexity index is 528. The largest absolute Gasteiger partial charge is 0.480 e. The lowest BCUT2D eigenvalue weighted by Gasteiger charge is -2.24. The number of amides is 2. The molecule has 0 aromatic heterocycles. The van der Waals surface area contributed by atoms with Crippen LogP contribution < -0.4 is 10.6 Å².